The third-order valence-electron chi connectivity index (χ3n) is 5.36. The van der Waals surface area contributed by atoms with Crippen molar-refractivity contribution < 1.29 is 0 Å². The van der Waals surface area contributed by atoms with Crippen LogP contribution in [0.25, 0.3) is 16.9 Å². The van der Waals surface area contributed by atoms with Crippen LogP contribution in [0, 0.1) is 0 Å². The maximum absolute atomic E-state index is 6.07. The summed E-state index contributed by atoms with van der Waals surface area (Å²) in [4.78, 5) is 7.55. The first kappa shape index (κ1) is 16.2. The third-order valence-corrected chi connectivity index (χ3v) is 5.36. The monoisotopic (exact) mass is 334 g/mol. The molecule has 1 fully saturated rings. The van der Waals surface area contributed by atoms with Crippen LogP contribution in [0.4, 0.5) is 5.69 Å². The van der Waals surface area contributed by atoms with E-state index in [1.165, 1.54) is 43.5 Å². The molecule has 3 heterocycles. The molecule has 4 nitrogen and oxygen atoms in total. The molecule has 2 aromatic heterocycles. The Bertz CT molecular complexity index is 853. The molecule has 1 unspecified atom stereocenters. The lowest BCUT2D eigenvalue weighted by Crippen LogP contribution is -2.38. The van der Waals surface area contributed by atoms with Gasteiger partial charge in [0.25, 0.3) is 0 Å². The smallest absolute Gasteiger partial charge is 0.137 e. The average Bonchev–Trinajstić information content (AvgIpc) is 3.01. The van der Waals surface area contributed by atoms with Crippen molar-refractivity contribution in [3.8, 4) is 11.3 Å². The number of fused-ring (bicyclic) bond motifs is 1. The van der Waals surface area contributed by atoms with Gasteiger partial charge in [-0.1, -0.05) is 43.7 Å². The van der Waals surface area contributed by atoms with Crippen LogP contribution in [-0.4, -0.2) is 26.9 Å². The Kier molecular flexibility index (Phi) is 4.45. The maximum Gasteiger partial charge on any atom is 0.137 e. The number of nitrogens with two attached hydrogens (primary N) is 1. The quantitative estimate of drug-likeness (QED) is 0.771. The summed E-state index contributed by atoms with van der Waals surface area (Å²) in [7, 11) is 0. The number of anilines is 1. The first-order chi connectivity index (χ1) is 12.3. The number of imidazole rings is 1. The van der Waals surface area contributed by atoms with Crippen molar-refractivity contribution in [1.29, 1.82) is 0 Å². The van der Waals surface area contributed by atoms with Gasteiger partial charge in [-0.25, -0.2) is 4.98 Å². The molecule has 25 heavy (non-hydrogen) atoms. The molecule has 0 aliphatic carbocycles. The number of rotatable bonds is 4. The van der Waals surface area contributed by atoms with Gasteiger partial charge in [-0.15, -0.1) is 0 Å². The van der Waals surface area contributed by atoms with Crippen LogP contribution in [0.5, 0.6) is 0 Å². The number of benzene rings is 1. The predicted octanol–water partition coefficient (Wildman–Crippen LogP) is 4.35. The van der Waals surface area contributed by atoms with Crippen LogP contribution >= 0.6 is 0 Å². The second-order valence-electron chi connectivity index (χ2n) is 6.99. The molecule has 0 saturated carbocycles. The molecule has 1 aromatic carbocycles. The van der Waals surface area contributed by atoms with E-state index in [0.29, 0.717) is 6.04 Å². The van der Waals surface area contributed by atoms with Crippen molar-refractivity contribution in [1.82, 2.24) is 14.3 Å². The molecule has 2 N–H and O–H groups in total. The molecule has 0 radical (unpaired) electrons. The van der Waals surface area contributed by atoms with E-state index in [9.17, 15) is 0 Å². The van der Waals surface area contributed by atoms with Gasteiger partial charge in [0.2, 0.25) is 0 Å². The van der Waals surface area contributed by atoms with Crippen LogP contribution in [0.1, 0.15) is 38.3 Å². The standard InChI is InChI=1S/C21H26N4/c1-2-18-10-6-7-13-24(18)15-19-21(16-8-4-3-5-9-16)23-20-12-11-17(22)14-25(19)20/h3-5,8-9,11-12,14,18H,2,6-7,10,13,15,22H2,1H3. The highest BCUT2D eigenvalue weighted by Crippen LogP contribution is 2.29. The van der Waals surface area contributed by atoms with Gasteiger partial charge >= 0.3 is 0 Å². The summed E-state index contributed by atoms with van der Waals surface area (Å²) < 4.78 is 2.18. The maximum atomic E-state index is 6.07. The van der Waals surface area contributed by atoms with Crippen LogP contribution in [0.3, 0.4) is 0 Å². The minimum atomic E-state index is 0.670. The zero-order valence-corrected chi connectivity index (χ0v) is 14.9. The van der Waals surface area contributed by atoms with Crippen molar-refractivity contribution in [3.05, 3.63) is 54.4 Å². The minimum absolute atomic E-state index is 0.670. The third kappa shape index (κ3) is 3.14. The molecule has 0 amide bonds. The molecule has 3 aromatic rings. The van der Waals surface area contributed by atoms with E-state index >= 15 is 0 Å². The fourth-order valence-electron chi connectivity index (χ4n) is 4.01. The second-order valence-corrected chi connectivity index (χ2v) is 6.99. The lowest BCUT2D eigenvalue weighted by atomic mass is 9.99. The summed E-state index contributed by atoms with van der Waals surface area (Å²) in [6.07, 6.45) is 7.15. The van der Waals surface area contributed by atoms with E-state index in [2.05, 4.69) is 46.6 Å². The Balaban J connectivity index is 1.81. The molecule has 1 atom stereocenters. The molecular formula is C21H26N4. The van der Waals surface area contributed by atoms with Crippen molar-refractivity contribution in [2.45, 2.75) is 45.2 Å². The average molecular weight is 334 g/mol. The zero-order valence-electron chi connectivity index (χ0n) is 14.9. The summed E-state index contributed by atoms with van der Waals surface area (Å²) in [6.45, 7) is 4.39. The number of nitrogens with zero attached hydrogens (tertiary/aromatic N) is 3. The van der Waals surface area contributed by atoms with Crippen LogP contribution in [-0.2, 0) is 6.54 Å². The first-order valence-corrected chi connectivity index (χ1v) is 9.32. The van der Waals surface area contributed by atoms with E-state index < -0.39 is 0 Å². The number of hydrogen-bond acceptors (Lipinski definition) is 3. The highest BCUT2D eigenvalue weighted by atomic mass is 15.2. The number of likely N-dealkylation sites (tertiary alicyclic amines) is 1. The van der Waals surface area contributed by atoms with Crippen LogP contribution in [0.15, 0.2) is 48.7 Å². The molecule has 0 spiro atoms. The van der Waals surface area contributed by atoms with Crippen molar-refractivity contribution >= 4 is 11.3 Å². The topological polar surface area (TPSA) is 46.6 Å². The van der Waals surface area contributed by atoms with Gasteiger partial charge in [0, 0.05) is 30.0 Å². The fraction of sp³-hybridized carbons (Fsp3) is 0.381. The number of pyridine rings is 1. The molecule has 1 aliphatic rings. The fourth-order valence-corrected chi connectivity index (χ4v) is 4.01. The van der Waals surface area contributed by atoms with Gasteiger partial charge in [0.15, 0.2) is 0 Å². The molecule has 1 aliphatic heterocycles. The highest BCUT2D eigenvalue weighted by molar-refractivity contribution is 5.67. The predicted molar refractivity (Wildman–Crippen MR) is 103 cm³/mol. The van der Waals surface area contributed by atoms with E-state index in [0.717, 1.165) is 23.6 Å². The zero-order chi connectivity index (χ0) is 17.2. The summed E-state index contributed by atoms with van der Waals surface area (Å²) in [5.74, 6) is 0. The summed E-state index contributed by atoms with van der Waals surface area (Å²) in [6, 6.07) is 15.1. The van der Waals surface area contributed by atoms with Gasteiger partial charge in [0.1, 0.15) is 5.65 Å². The number of piperidine rings is 1. The summed E-state index contributed by atoms with van der Waals surface area (Å²) >= 11 is 0. The Morgan fingerprint density at radius 3 is 2.76 bits per heavy atom. The molecule has 0 bridgehead atoms. The SMILES string of the molecule is CCC1CCCCN1Cc1c(-c2ccccc2)nc2ccc(N)cn12. The number of nitrogen functional groups attached to an aromatic ring is 1. The largest absolute Gasteiger partial charge is 0.398 e. The molecule has 4 rings (SSSR count). The van der Waals surface area contributed by atoms with Crippen LogP contribution < -0.4 is 5.73 Å². The number of aromatic nitrogens is 2. The van der Waals surface area contributed by atoms with Gasteiger partial charge in [-0.2, -0.15) is 0 Å². The lowest BCUT2D eigenvalue weighted by molar-refractivity contribution is 0.134. The Labute approximate surface area is 149 Å². The lowest BCUT2D eigenvalue weighted by Gasteiger charge is -2.35. The van der Waals surface area contributed by atoms with Gasteiger partial charge < -0.3 is 10.1 Å². The van der Waals surface area contributed by atoms with E-state index in [-0.39, 0.29) is 0 Å². The summed E-state index contributed by atoms with van der Waals surface area (Å²) in [5.41, 5.74) is 11.3. The molecule has 1 saturated heterocycles. The Morgan fingerprint density at radius 1 is 1.12 bits per heavy atom. The first-order valence-electron chi connectivity index (χ1n) is 9.32. The van der Waals surface area contributed by atoms with Gasteiger partial charge in [-0.3, -0.25) is 4.90 Å². The molecular weight excluding hydrogens is 308 g/mol. The van der Waals surface area contributed by atoms with E-state index in [4.69, 9.17) is 10.7 Å². The van der Waals surface area contributed by atoms with Gasteiger partial charge in [0.05, 0.1) is 11.4 Å². The van der Waals surface area contributed by atoms with Crippen molar-refractivity contribution in [3.63, 3.8) is 0 Å². The minimum Gasteiger partial charge on any atom is -0.398 e. The van der Waals surface area contributed by atoms with E-state index in [1.807, 2.05) is 18.3 Å². The Morgan fingerprint density at radius 2 is 1.96 bits per heavy atom. The molecule has 130 valence electrons. The Hall–Kier alpha value is -2.33. The second kappa shape index (κ2) is 6.89. The highest BCUT2D eigenvalue weighted by Gasteiger charge is 2.24. The summed E-state index contributed by atoms with van der Waals surface area (Å²) in [5, 5.41) is 0. The number of hydrogen-bond donors (Lipinski definition) is 1. The normalized spacial score (nSPS) is 18.7. The van der Waals surface area contributed by atoms with Crippen molar-refractivity contribution in [2.75, 3.05) is 12.3 Å². The molecule has 4 heteroatoms. The van der Waals surface area contributed by atoms with Crippen LogP contribution in [0.2, 0.25) is 0 Å². The van der Waals surface area contributed by atoms with E-state index in [1.54, 1.807) is 0 Å². The van der Waals surface area contributed by atoms with Gasteiger partial charge in [-0.05, 0) is 37.9 Å². The van der Waals surface area contributed by atoms with Crippen molar-refractivity contribution in [2.24, 2.45) is 0 Å².